The Morgan fingerprint density at radius 3 is 2.43 bits per heavy atom. The summed E-state index contributed by atoms with van der Waals surface area (Å²) in [7, 11) is 0. The Hall–Kier alpha value is -2.41. The van der Waals surface area contributed by atoms with Gasteiger partial charge in [-0.1, -0.05) is 12.1 Å². The summed E-state index contributed by atoms with van der Waals surface area (Å²) in [4.78, 5) is 38.0. The van der Waals surface area contributed by atoms with Crippen molar-refractivity contribution in [2.45, 2.75) is 6.04 Å². The lowest BCUT2D eigenvalue weighted by atomic mass is 10.1. The molecule has 3 amide bonds. The van der Waals surface area contributed by atoms with E-state index >= 15 is 0 Å². The van der Waals surface area contributed by atoms with Crippen LogP contribution in [0.1, 0.15) is 20.7 Å². The summed E-state index contributed by atoms with van der Waals surface area (Å²) in [5, 5.41) is 9.17. The predicted molar refractivity (Wildman–Crippen MR) is 71.1 cm³/mol. The molecule has 7 heteroatoms. The molecule has 7 nitrogen and oxygen atoms in total. The number of benzene rings is 1. The Labute approximate surface area is 120 Å². The van der Waals surface area contributed by atoms with Gasteiger partial charge < -0.3 is 9.84 Å². The van der Waals surface area contributed by atoms with Gasteiger partial charge in [-0.2, -0.15) is 0 Å². The average Bonchev–Trinajstić information content (AvgIpc) is 2.73. The molecule has 1 aromatic carbocycles. The molecule has 1 fully saturated rings. The number of carbonyl (C=O) groups excluding carboxylic acids is 2. The first-order chi connectivity index (χ1) is 10.1. The molecule has 21 heavy (non-hydrogen) atoms. The maximum atomic E-state index is 12.3. The van der Waals surface area contributed by atoms with Gasteiger partial charge in [-0.15, -0.1) is 0 Å². The van der Waals surface area contributed by atoms with Crippen LogP contribution in [-0.2, 0) is 4.74 Å². The van der Waals surface area contributed by atoms with Gasteiger partial charge in [0.1, 0.15) is 0 Å². The van der Waals surface area contributed by atoms with E-state index < -0.39 is 12.1 Å². The van der Waals surface area contributed by atoms with Gasteiger partial charge in [0, 0.05) is 6.54 Å². The van der Waals surface area contributed by atoms with Crippen LogP contribution in [0.2, 0.25) is 0 Å². The number of ether oxygens (including phenoxy) is 1. The van der Waals surface area contributed by atoms with Crippen LogP contribution in [0.5, 0.6) is 0 Å². The minimum Gasteiger partial charge on any atom is -0.465 e. The third-order valence-corrected chi connectivity index (χ3v) is 3.74. The minimum atomic E-state index is -1.07. The Morgan fingerprint density at radius 1 is 1.24 bits per heavy atom. The maximum Gasteiger partial charge on any atom is 0.407 e. The zero-order valence-electron chi connectivity index (χ0n) is 11.2. The molecule has 1 aromatic rings. The molecular weight excluding hydrogens is 276 g/mol. The average molecular weight is 290 g/mol. The molecule has 0 bridgehead atoms. The zero-order chi connectivity index (χ0) is 15.0. The number of amides is 3. The van der Waals surface area contributed by atoms with Gasteiger partial charge in [0.05, 0.1) is 36.9 Å². The Balaban J connectivity index is 1.81. The van der Waals surface area contributed by atoms with E-state index in [-0.39, 0.29) is 31.5 Å². The molecule has 110 valence electrons. The second-order valence-electron chi connectivity index (χ2n) is 4.97. The van der Waals surface area contributed by atoms with Crippen LogP contribution in [0.15, 0.2) is 24.3 Å². The molecule has 2 aliphatic rings. The summed E-state index contributed by atoms with van der Waals surface area (Å²) in [5.74, 6) is -0.766. The molecule has 1 saturated heterocycles. The molecule has 0 aliphatic carbocycles. The first-order valence-corrected chi connectivity index (χ1v) is 6.62. The van der Waals surface area contributed by atoms with Gasteiger partial charge in [-0.3, -0.25) is 19.4 Å². The normalized spacial score (nSPS) is 21.6. The van der Waals surface area contributed by atoms with E-state index in [4.69, 9.17) is 9.84 Å². The largest absolute Gasteiger partial charge is 0.465 e. The zero-order valence-corrected chi connectivity index (χ0v) is 11.2. The van der Waals surface area contributed by atoms with E-state index in [1.165, 1.54) is 4.90 Å². The van der Waals surface area contributed by atoms with Crippen molar-refractivity contribution in [3.05, 3.63) is 35.4 Å². The van der Waals surface area contributed by atoms with Gasteiger partial charge in [0.25, 0.3) is 11.8 Å². The van der Waals surface area contributed by atoms with Crippen molar-refractivity contribution < 1.29 is 24.2 Å². The molecule has 2 aliphatic heterocycles. The summed E-state index contributed by atoms with van der Waals surface area (Å²) < 4.78 is 5.27. The lowest BCUT2D eigenvalue weighted by Crippen LogP contribution is -2.54. The van der Waals surface area contributed by atoms with Crippen LogP contribution in [0, 0.1) is 0 Å². The summed E-state index contributed by atoms with van der Waals surface area (Å²) in [6, 6.07) is 6.06. The summed E-state index contributed by atoms with van der Waals surface area (Å²) in [5.41, 5.74) is 0.724. The van der Waals surface area contributed by atoms with Crippen molar-refractivity contribution in [3.63, 3.8) is 0 Å². The highest BCUT2D eigenvalue weighted by molar-refractivity contribution is 6.21. The molecule has 0 aromatic heterocycles. The number of hydrogen-bond donors (Lipinski definition) is 1. The van der Waals surface area contributed by atoms with Crippen molar-refractivity contribution in [1.29, 1.82) is 0 Å². The molecule has 1 atom stereocenters. The van der Waals surface area contributed by atoms with E-state index in [0.29, 0.717) is 17.7 Å². The lowest BCUT2D eigenvalue weighted by molar-refractivity contribution is -0.00853. The first-order valence-electron chi connectivity index (χ1n) is 6.62. The topological polar surface area (TPSA) is 87.2 Å². The molecule has 0 spiro atoms. The molecule has 0 unspecified atom stereocenters. The maximum absolute atomic E-state index is 12.3. The smallest absolute Gasteiger partial charge is 0.407 e. The van der Waals surface area contributed by atoms with Crippen LogP contribution >= 0.6 is 0 Å². The van der Waals surface area contributed by atoms with Gasteiger partial charge in [-0.25, -0.2) is 4.79 Å². The predicted octanol–water partition coefficient (Wildman–Crippen LogP) is 0.661. The first kappa shape index (κ1) is 13.6. The van der Waals surface area contributed by atoms with E-state index in [2.05, 4.69) is 0 Å². The van der Waals surface area contributed by atoms with E-state index in [1.54, 1.807) is 24.3 Å². The van der Waals surface area contributed by atoms with E-state index in [1.807, 2.05) is 0 Å². The number of fused-ring (bicyclic) bond motifs is 1. The number of morpholine rings is 1. The monoisotopic (exact) mass is 290 g/mol. The lowest BCUT2D eigenvalue weighted by Gasteiger charge is -2.35. The number of carboxylic acid groups (broad SMARTS) is 1. The highest BCUT2D eigenvalue weighted by Gasteiger charge is 2.39. The second-order valence-corrected chi connectivity index (χ2v) is 4.97. The Bertz CT molecular complexity index is 580. The summed E-state index contributed by atoms with van der Waals surface area (Å²) >= 11 is 0. The van der Waals surface area contributed by atoms with Crippen molar-refractivity contribution in [2.24, 2.45) is 0 Å². The fraction of sp³-hybridized carbons (Fsp3) is 0.357. The number of hydrogen-bond acceptors (Lipinski definition) is 4. The quantitative estimate of drug-likeness (QED) is 0.809. The number of nitrogens with zero attached hydrogens (tertiary/aromatic N) is 2. The van der Waals surface area contributed by atoms with Crippen molar-refractivity contribution in [2.75, 3.05) is 26.3 Å². The molecule has 1 N–H and O–H groups in total. The molecule has 3 rings (SSSR count). The second kappa shape index (κ2) is 5.17. The Kier molecular flexibility index (Phi) is 3.34. The van der Waals surface area contributed by atoms with Crippen LogP contribution in [0.3, 0.4) is 0 Å². The molecule has 2 heterocycles. The molecular formula is C14H14N2O5. The van der Waals surface area contributed by atoms with Crippen molar-refractivity contribution >= 4 is 17.9 Å². The highest BCUT2D eigenvalue weighted by Crippen LogP contribution is 2.23. The van der Waals surface area contributed by atoms with Crippen LogP contribution in [0.25, 0.3) is 0 Å². The van der Waals surface area contributed by atoms with E-state index in [9.17, 15) is 14.4 Å². The van der Waals surface area contributed by atoms with E-state index in [0.717, 1.165) is 4.90 Å². The van der Waals surface area contributed by atoms with Gasteiger partial charge in [0.15, 0.2) is 0 Å². The third kappa shape index (κ3) is 2.25. The standard InChI is InChI=1S/C14H14N2O5/c17-12-10-3-1-2-4-11(10)13(18)16(12)7-9-8-21-6-5-15(9)14(19)20/h1-4,9H,5-8H2,(H,19,20)/t9-/m1/s1. The van der Waals surface area contributed by atoms with Gasteiger partial charge in [0.2, 0.25) is 0 Å². The van der Waals surface area contributed by atoms with Crippen LogP contribution < -0.4 is 0 Å². The van der Waals surface area contributed by atoms with Crippen LogP contribution in [-0.4, -0.2) is 65.2 Å². The summed E-state index contributed by atoms with van der Waals surface area (Å²) in [6.07, 6.45) is -1.07. The fourth-order valence-electron chi connectivity index (χ4n) is 2.67. The highest BCUT2D eigenvalue weighted by atomic mass is 16.5. The van der Waals surface area contributed by atoms with Crippen LogP contribution in [0.4, 0.5) is 4.79 Å². The third-order valence-electron chi connectivity index (χ3n) is 3.74. The molecule has 0 radical (unpaired) electrons. The number of carbonyl (C=O) groups is 3. The summed E-state index contributed by atoms with van der Waals surface area (Å²) in [6.45, 7) is 0.756. The van der Waals surface area contributed by atoms with Gasteiger partial charge >= 0.3 is 6.09 Å². The van der Waals surface area contributed by atoms with Gasteiger partial charge in [-0.05, 0) is 12.1 Å². The number of rotatable bonds is 2. The van der Waals surface area contributed by atoms with Crippen molar-refractivity contribution in [1.82, 2.24) is 9.80 Å². The Morgan fingerprint density at radius 2 is 1.86 bits per heavy atom. The molecule has 0 saturated carbocycles. The number of imide groups is 1. The fourth-order valence-corrected chi connectivity index (χ4v) is 2.67. The SMILES string of the molecule is O=C1c2ccccc2C(=O)N1C[C@@H]1COCCN1C(=O)O. The minimum absolute atomic E-state index is 0.0125. The van der Waals surface area contributed by atoms with Crippen molar-refractivity contribution in [3.8, 4) is 0 Å².